The largest absolute Gasteiger partial charge is 0.452 e. The zero-order valence-corrected chi connectivity index (χ0v) is 25.7. The minimum Gasteiger partial charge on any atom is -0.452 e. The summed E-state index contributed by atoms with van der Waals surface area (Å²) < 4.78 is 67.4. The fourth-order valence-corrected chi connectivity index (χ4v) is 4.99. The Morgan fingerprint density at radius 3 is 2.41 bits per heavy atom. The number of nitrogens with zero attached hydrogens (tertiary/aromatic N) is 3. The van der Waals surface area contributed by atoms with Gasteiger partial charge in [0.25, 0.3) is 15.7 Å². The number of aromatic nitrogens is 3. The summed E-state index contributed by atoms with van der Waals surface area (Å²) in [5.74, 6) is -1.03. The molecule has 0 amide bonds. The number of benzene rings is 3. The highest BCUT2D eigenvalue weighted by molar-refractivity contribution is 7.85. The van der Waals surface area contributed by atoms with E-state index in [2.05, 4.69) is 15.1 Å². The van der Waals surface area contributed by atoms with Crippen molar-refractivity contribution in [2.24, 2.45) is 0 Å². The van der Waals surface area contributed by atoms with Crippen LogP contribution in [0.25, 0.3) is 16.6 Å². The maximum atomic E-state index is 15.3. The normalized spacial score (nSPS) is 13.3. The van der Waals surface area contributed by atoms with Crippen LogP contribution < -0.4 is 15.2 Å². The SMILES string of the molecule is CS(=O)(=O)O.Cc1ccn(-c2ccc(F)cc2)c(=O)c1C(=O)Cc1ccc(Oc2cc3cn[nH]c3cc2N2CCOCC2)c(F)c1. The molecule has 0 unspecified atom stereocenters. The van der Waals surface area contributed by atoms with Gasteiger partial charge in [0.1, 0.15) is 5.82 Å². The Kier molecular flexibility index (Phi) is 9.60. The van der Waals surface area contributed by atoms with Gasteiger partial charge in [-0.2, -0.15) is 13.5 Å². The Hall–Kier alpha value is -4.92. The van der Waals surface area contributed by atoms with E-state index in [4.69, 9.17) is 14.0 Å². The number of aryl methyl sites for hydroxylation is 1. The number of ether oxygens (including phenoxy) is 2. The van der Waals surface area contributed by atoms with Crippen molar-refractivity contribution in [3.8, 4) is 17.2 Å². The molecule has 1 fully saturated rings. The van der Waals surface area contributed by atoms with Crippen LogP contribution in [0.2, 0.25) is 0 Å². The molecule has 5 aromatic rings. The topological polar surface area (TPSA) is 144 Å². The number of carbonyl (C=O) groups excluding carboxylic acids is 1. The molecular formula is C32H30F2N4O7S. The lowest BCUT2D eigenvalue weighted by Crippen LogP contribution is -2.36. The number of ketones is 1. The second-order valence-corrected chi connectivity index (χ2v) is 12.1. The van der Waals surface area contributed by atoms with Crippen LogP contribution in [-0.2, 0) is 21.3 Å². The van der Waals surface area contributed by atoms with Crippen LogP contribution in [0.15, 0.2) is 77.9 Å². The molecule has 240 valence electrons. The summed E-state index contributed by atoms with van der Waals surface area (Å²) in [5, 5.41) is 7.87. The fraction of sp³-hybridized carbons (Fsp3) is 0.219. The quantitative estimate of drug-likeness (QED) is 0.186. The third-order valence-corrected chi connectivity index (χ3v) is 7.14. The van der Waals surface area contributed by atoms with Crippen molar-refractivity contribution in [2.45, 2.75) is 13.3 Å². The van der Waals surface area contributed by atoms with E-state index in [1.807, 2.05) is 12.1 Å². The molecule has 3 heterocycles. The van der Waals surface area contributed by atoms with E-state index in [0.29, 0.717) is 55.1 Å². The van der Waals surface area contributed by atoms with Gasteiger partial charge in [-0.25, -0.2) is 8.78 Å². The number of halogens is 2. The molecular weight excluding hydrogens is 622 g/mol. The molecule has 1 aliphatic heterocycles. The molecule has 0 saturated carbocycles. The van der Waals surface area contributed by atoms with E-state index in [9.17, 15) is 22.4 Å². The van der Waals surface area contributed by atoms with Gasteiger partial charge in [0.15, 0.2) is 23.1 Å². The van der Waals surface area contributed by atoms with E-state index >= 15 is 4.39 Å². The molecule has 6 rings (SSSR count). The minimum absolute atomic E-state index is 0.00104. The average molecular weight is 653 g/mol. The Morgan fingerprint density at radius 1 is 1.04 bits per heavy atom. The van der Waals surface area contributed by atoms with Crippen LogP contribution in [0.1, 0.15) is 21.5 Å². The second-order valence-electron chi connectivity index (χ2n) is 10.6. The van der Waals surface area contributed by atoms with Crippen LogP contribution in [0.3, 0.4) is 0 Å². The smallest absolute Gasteiger partial charge is 0.266 e. The van der Waals surface area contributed by atoms with Crippen molar-refractivity contribution < 1.29 is 36.0 Å². The Morgan fingerprint density at radius 2 is 1.74 bits per heavy atom. The molecule has 2 aromatic heterocycles. The van der Waals surface area contributed by atoms with E-state index in [1.54, 1.807) is 31.5 Å². The number of rotatable bonds is 7. The zero-order chi connectivity index (χ0) is 33.0. The monoisotopic (exact) mass is 652 g/mol. The molecule has 2 N–H and O–H groups in total. The molecule has 0 spiro atoms. The number of fused-ring (bicyclic) bond motifs is 1. The predicted molar refractivity (Wildman–Crippen MR) is 168 cm³/mol. The second kappa shape index (κ2) is 13.6. The number of anilines is 1. The number of hydrogen-bond donors (Lipinski definition) is 2. The summed E-state index contributed by atoms with van der Waals surface area (Å²) in [6, 6.07) is 15.1. The lowest BCUT2D eigenvalue weighted by Gasteiger charge is -2.30. The van der Waals surface area contributed by atoms with E-state index < -0.39 is 33.1 Å². The molecule has 1 saturated heterocycles. The lowest BCUT2D eigenvalue weighted by atomic mass is 10.0. The lowest BCUT2D eigenvalue weighted by molar-refractivity contribution is 0.0990. The van der Waals surface area contributed by atoms with Crippen molar-refractivity contribution in [3.05, 3.63) is 112 Å². The maximum absolute atomic E-state index is 15.3. The summed E-state index contributed by atoms with van der Waals surface area (Å²) in [6.07, 6.45) is 3.75. The number of hydrogen-bond acceptors (Lipinski definition) is 8. The number of carbonyl (C=O) groups is 1. The van der Waals surface area contributed by atoms with Gasteiger partial charge < -0.3 is 14.4 Å². The summed E-state index contributed by atoms with van der Waals surface area (Å²) in [5.41, 5.74) is 2.44. The van der Waals surface area contributed by atoms with Gasteiger partial charge >= 0.3 is 0 Å². The number of Topliss-reactive ketones (excluding diaryl/α,β-unsaturated/α-hetero) is 1. The molecule has 46 heavy (non-hydrogen) atoms. The Bertz CT molecular complexity index is 2050. The summed E-state index contributed by atoms with van der Waals surface area (Å²) in [4.78, 5) is 28.6. The van der Waals surface area contributed by atoms with Crippen LogP contribution in [0.4, 0.5) is 14.5 Å². The third-order valence-electron chi connectivity index (χ3n) is 7.14. The maximum Gasteiger partial charge on any atom is 0.266 e. The van der Waals surface area contributed by atoms with Gasteiger partial charge in [-0.15, -0.1) is 0 Å². The molecule has 0 bridgehead atoms. The van der Waals surface area contributed by atoms with Crippen molar-refractivity contribution >= 4 is 32.5 Å². The Balaban J connectivity index is 0.000000775. The average Bonchev–Trinajstić information content (AvgIpc) is 3.46. The van der Waals surface area contributed by atoms with Crippen molar-refractivity contribution in [1.29, 1.82) is 0 Å². The summed E-state index contributed by atoms with van der Waals surface area (Å²) in [7, 11) is -3.67. The van der Waals surface area contributed by atoms with Gasteiger partial charge in [0, 0.05) is 36.8 Å². The van der Waals surface area contributed by atoms with Gasteiger partial charge in [-0.05, 0) is 72.6 Å². The summed E-state index contributed by atoms with van der Waals surface area (Å²) >= 11 is 0. The molecule has 3 aromatic carbocycles. The van der Waals surface area contributed by atoms with E-state index in [-0.39, 0.29) is 17.7 Å². The number of aromatic amines is 1. The molecule has 14 heteroatoms. The first-order valence-electron chi connectivity index (χ1n) is 14.1. The third kappa shape index (κ3) is 7.83. The number of pyridine rings is 1. The highest BCUT2D eigenvalue weighted by atomic mass is 32.2. The van der Waals surface area contributed by atoms with E-state index in [1.165, 1.54) is 41.0 Å². The van der Waals surface area contributed by atoms with Crippen LogP contribution in [-0.4, -0.2) is 66.1 Å². The number of morpholine rings is 1. The van der Waals surface area contributed by atoms with E-state index in [0.717, 1.165) is 16.6 Å². The minimum atomic E-state index is -3.67. The molecule has 11 nitrogen and oxygen atoms in total. The highest BCUT2D eigenvalue weighted by Gasteiger charge is 2.21. The van der Waals surface area contributed by atoms with Crippen molar-refractivity contribution in [1.82, 2.24) is 14.8 Å². The predicted octanol–water partition coefficient (Wildman–Crippen LogP) is 4.86. The van der Waals surface area contributed by atoms with Crippen molar-refractivity contribution in [2.75, 3.05) is 37.5 Å². The van der Waals surface area contributed by atoms with Crippen LogP contribution in [0, 0.1) is 18.6 Å². The molecule has 1 aliphatic rings. The first kappa shape index (κ1) is 32.5. The first-order valence-corrected chi connectivity index (χ1v) is 15.9. The molecule has 0 aliphatic carbocycles. The summed E-state index contributed by atoms with van der Waals surface area (Å²) in [6.45, 7) is 4.16. The molecule has 0 atom stereocenters. The van der Waals surface area contributed by atoms with Crippen LogP contribution in [0.5, 0.6) is 11.5 Å². The van der Waals surface area contributed by atoms with Crippen molar-refractivity contribution in [3.63, 3.8) is 0 Å². The zero-order valence-electron chi connectivity index (χ0n) is 24.9. The fourth-order valence-electron chi connectivity index (χ4n) is 4.99. The van der Waals surface area contributed by atoms with Gasteiger partial charge in [-0.1, -0.05) is 6.07 Å². The van der Waals surface area contributed by atoms with Gasteiger partial charge in [0.05, 0.1) is 42.4 Å². The highest BCUT2D eigenvalue weighted by Crippen LogP contribution is 2.37. The standard InChI is InChI=1S/C31H26F2N4O4.CH4O3S/c1-19-8-9-37(23-5-3-22(32)4-6-23)31(39)30(19)27(38)15-20-2-7-28(24(33)14-20)41-29-16-21-18-34-35-25(21)17-26(29)36-10-12-40-13-11-36;1-5(2,3)4/h2-9,14,16-18H,10-13,15H2,1H3,(H,34,35);1H3,(H,2,3,4). The number of H-pyrrole nitrogens is 1. The Labute approximate surface area is 262 Å². The first-order chi connectivity index (χ1) is 21.9. The van der Waals surface area contributed by atoms with Gasteiger partial charge in [0.2, 0.25) is 0 Å². The molecule has 0 radical (unpaired) electrons. The number of nitrogens with one attached hydrogen (secondary N) is 1. The van der Waals surface area contributed by atoms with Crippen LogP contribution >= 0.6 is 0 Å². The van der Waals surface area contributed by atoms with Gasteiger partial charge in [-0.3, -0.25) is 23.8 Å².